The molecule has 1 heterocycles. The van der Waals surface area contributed by atoms with E-state index >= 15 is 0 Å². The molecular formula is C20H30O5. The smallest absolute Gasteiger partial charge is 0.174 e. The van der Waals surface area contributed by atoms with Crippen LogP contribution in [0.3, 0.4) is 0 Å². The van der Waals surface area contributed by atoms with Gasteiger partial charge in [0, 0.05) is 17.8 Å². The maximum absolute atomic E-state index is 13.4. The van der Waals surface area contributed by atoms with Gasteiger partial charge in [0.05, 0.1) is 29.8 Å². The van der Waals surface area contributed by atoms with Gasteiger partial charge in [0.1, 0.15) is 6.10 Å². The molecule has 4 aliphatic rings. The van der Waals surface area contributed by atoms with Crippen LogP contribution in [-0.4, -0.2) is 51.6 Å². The summed E-state index contributed by atoms with van der Waals surface area (Å²) in [5.74, 6) is -0.305. The minimum Gasteiger partial charge on any atom is -0.392 e. The molecule has 7 atom stereocenters. The number of aliphatic hydroxyl groups is 3. The average Bonchev–Trinajstić information content (AvgIpc) is 2.51. The van der Waals surface area contributed by atoms with Crippen molar-refractivity contribution in [3.05, 3.63) is 11.1 Å². The van der Waals surface area contributed by atoms with E-state index in [0.717, 1.165) is 5.57 Å². The Morgan fingerprint density at radius 2 is 1.88 bits per heavy atom. The molecule has 1 saturated heterocycles. The van der Waals surface area contributed by atoms with Crippen molar-refractivity contribution in [2.45, 2.75) is 77.3 Å². The molecule has 4 rings (SSSR count). The topological polar surface area (TPSA) is 87.0 Å². The number of hydrogen-bond donors (Lipinski definition) is 3. The minimum absolute atomic E-state index is 0.0375. The summed E-state index contributed by atoms with van der Waals surface area (Å²) >= 11 is 0. The predicted molar refractivity (Wildman–Crippen MR) is 91.7 cm³/mol. The van der Waals surface area contributed by atoms with Crippen LogP contribution in [0, 0.1) is 22.7 Å². The largest absolute Gasteiger partial charge is 0.392 e. The zero-order valence-corrected chi connectivity index (χ0v) is 15.6. The quantitative estimate of drug-likeness (QED) is 0.578. The predicted octanol–water partition coefficient (Wildman–Crippen LogP) is 1.59. The average molecular weight is 350 g/mol. The van der Waals surface area contributed by atoms with Gasteiger partial charge >= 0.3 is 0 Å². The second kappa shape index (κ2) is 5.16. The van der Waals surface area contributed by atoms with Crippen molar-refractivity contribution in [3.8, 4) is 0 Å². The van der Waals surface area contributed by atoms with E-state index in [2.05, 4.69) is 0 Å². The van der Waals surface area contributed by atoms with E-state index in [0.29, 0.717) is 37.9 Å². The Morgan fingerprint density at radius 1 is 1.20 bits per heavy atom. The van der Waals surface area contributed by atoms with Crippen LogP contribution in [-0.2, 0) is 9.53 Å². The number of ketones is 1. The standard InChI is InChI=1S/C20H30O5/c1-10-5-6-20(24)8-12-11-9-25-13(11)7-14(21)19(12,4)17(23)16(22)15(10)18(20,2)3/h11-14,16,21-22,24H,5-9H2,1-4H3. The summed E-state index contributed by atoms with van der Waals surface area (Å²) in [6.07, 6.45) is 0.0513. The Bertz CT molecular complexity index is 652. The Labute approximate surface area is 149 Å². The van der Waals surface area contributed by atoms with Crippen molar-refractivity contribution < 1.29 is 24.9 Å². The van der Waals surface area contributed by atoms with Crippen molar-refractivity contribution in [3.63, 3.8) is 0 Å². The molecule has 140 valence electrons. The van der Waals surface area contributed by atoms with Gasteiger partial charge in [-0.15, -0.1) is 0 Å². The Balaban J connectivity index is 1.90. The highest BCUT2D eigenvalue weighted by Crippen LogP contribution is 2.60. The third kappa shape index (κ3) is 2.01. The van der Waals surface area contributed by atoms with E-state index in [-0.39, 0.29) is 23.7 Å². The lowest BCUT2D eigenvalue weighted by Gasteiger charge is -2.61. The molecule has 0 aromatic rings. The molecule has 2 bridgehead atoms. The van der Waals surface area contributed by atoms with Crippen molar-refractivity contribution in [1.29, 1.82) is 0 Å². The second-order valence-electron chi connectivity index (χ2n) is 9.50. The zero-order valence-electron chi connectivity index (χ0n) is 15.6. The van der Waals surface area contributed by atoms with E-state index in [4.69, 9.17) is 4.74 Å². The van der Waals surface area contributed by atoms with Crippen molar-refractivity contribution in [1.82, 2.24) is 0 Å². The highest BCUT2D eigenvalue weighted by molar-refractivity contribution is 5.92. The number of carbonyl (C=O) groups is 1. The molecular weight excluding hydrogens is 320 g/mol. The fraction of sp³-hybridized carbons (Fsp3) is 0.850. The Kier molecular flexibility index (Phi) is 3.64. The van der Waals surface area contributed by atoms with Gasteiger partial charge in [0.2, 0.25) is 0 Å². The maximum atomic E-state index is 13.4. The number of aliphatic hydroxyl groups excluding tert-OH is 2. The first-order valence-corrected chi connectivity index (χ1v) is 9.48. The van der Waals surface area contributed by atoms with Gasteiger partial charge in [-0.25, -0.2) is 0 Å². The number of carbonyl (C=O) groups excluding carboxylic acids is 1. The lowest BCUT2D eigenvalue weighted by Crippen LogP contribution is -2.68. The Morgan fingerprint density at radius 3 is 2.48 bits per heavy atom. The van der Waals surface area contributed by atoms with Gasteiger partial charge in [-0.1, -0.05) is 19.4 Å². The lowest BCUT2D eigenvalue weighted by atomic mass is 9.47. The first kappa shape index (κ1) is 17.7. The summed E-state index contributed by atoms with van der Waals surface area (Å²) in [5.41, 5.74) is -1.06. The molecule has 3 N–H and O–H groups in total. The fourth-order valence-corrected chi connectivity index (χ4v) is 6.18. The normalized spacial score (nSPS) is 51.8. The number of allylic oxidation sites excluding steroid dienone is 1. The highest BCUT2D eigenvalue weighted by Gasteiger charge is 2.65. The van der Waals surface area contributed by atoms with E-state index in [1.54, 1.807) is 6.92 Å². The molecule has 3 fully saturated rings. The number of rotatable bonds is 0. The van der Waals surface area contributed by atoms with Gasteiger partial charge in [0.25, 0.3) is 0 Å². The van der Waals surface area contributed by atoms with Gasteiger partial charge in [-0.2, -0.15) is 0 Å². The summed E-state index contributed by atoms with van der Waals surface area (Å²) < 4.78 is 5.61. The number of fused-ring (bicyclic) bond motifs is 5. The molecule has 7 unspecified atom stereocenters. The van der Waals surface area contributed by atoms with Crippen LogP contribution in [0.5, 0.6) is 0 Å². The maximum Gasteiger partial charge on any atom is 0.174 e. The lowest BCUT2D eigenvalue weighted by molar-refractivity contribution is -0.241. The first-order valence-electron chi connectivity index (χ1n) is 9.48. The number of ether oxygens (including phenoxy) is 1. The molecule has 25 heavy (non-hydrogen) atoms. The summed E-state index contributed by atoms with van der Waals surface area (Å²) in [5, 5.41) is 33.5. The molecule has 0 amide bonds. The molecule has 1 aliphatic heterocycles. The molecule has 3 aliphatic carbocycles. The van der Waals surface area contributed by atoms with Crippen LogP contribution in [0.2, 0.25) is 0 Å². The third-order valence-electron chi connectivity index (χ3n) is 8.24. The van der Waals surface area contributed by atoms with Crippen LogP contribution >= 0.6 is 0 Å². The second-order valence-corrected chi connectivity index (χ2v) is 9.50. The highest BCUT2D eigenvalue weighted by atomic mass is 16.5. The summed E-state index contributed by atoms with van der Waals surface area (Å²) in [7, 11) is 0. The van der Waals surface area contributed by atoms with E-state index in [1.807, 2.05) is 20.8 Å². The zero-order chi connectivity index (χ0) is 18.4. The number of Topliss-reactive ketones (excluding diaryl/α,β-unsaturated/α-hetero) is 1. The van der Waals surface area contributed by atoms with Crippen molar-refractivity contribution in [2.24, 2.45) is 22.7 Å². The van der Waals surface area contributed by atoms with Crippen LogP contribution in [0.25, 0.3) is 0 Å². The monoisotopic (exact) mass is 350 g/mol. The molecule has 0 aromatic heterocycles. The van der Waals surface area contributed by atoms with E-state index < -0.39 is 28.6 Å². The SMILES string of the molecule is CC1=C2C(O)C(=O)C3(C)C(O)CC4OCC4C3CC(O)(CC1)C2(C)C. The molecule has 2 saturated carbocycles. The van der Waals surface area contributed by atoms with Gasteiger partial charge < -0.3 is 20.1 Å². The summed E-state index contributed by atoms with van der Waals surface area (Å²) in [6.45, 7) is 8.19. The summed E-state index contributed by atoms with van der Waals surface area (Å²) in [4.78, 5) is 13.4. The molecule has 0 radical (unpaired) electrons. The summed E-state index contributed by atoms with van der Waals surface area (Å²) in [6, 6.07) is 0. The molecule has 0 aromatic carbocycles. The number of hydrogen-bond acceptors (Lipinski definition) is 5. The van der Waals surface area contributed by atoms with Crippen LogP contribution in [0.1, 0.15) is 53.4 Å². The van der Waals surface area contributed by atoms with E-state index in [9.17, 15) is 20.1 Å². The molecule has 0 spiro atoms. The van der Waals surface area contributed by atoms with E-state index in [1.165, 1.54) is 0 Å². The van der Waals surface area contributed by atoms with Crippen LogP contribution < -0.4 is 0 Å². The van der Waals surface area contributed by atoms with Crippen LogP contribution in [0.4, 0.5) is 0 Å². The van der Waals surface area contributed by atoms with Crippen molar-refractivity contribution >= 4 is 5.78 Å². The molecule has 5 heteroatoms. The van der Waals surface area contributed by atoms with Gasteiger partial charge in [-0.3, -0.25) is 4.79 Å². The fourth-order valence-electron chi connectivity index (χ4n) is 6.18. The van der Waals surface area contributed by atoms with Crippen LogP contribution in [0.15, 0.2) is 11.1 Å². The molecule has 5 nitrogen and oxygen atoms in total. The third-order valence-corrected chi connectivity index (χ3v) is 8.24. The first-order chi connectivity index (χ1) is 11.5. The van der Waals surface area contributed by atoms with Crippen molar-refractivity contribution in [2.75, 3.05) is 6.61 Å². The van der Waals surface area contributed by atoms with Gasteiger partial charge in [-0.05, 0) is 44.6 Å². The van der Waals surface area contributed by atoms with Gasteiger partial charge in [0.15, 0.2) is 5.78 Å². The Hall–Kier alpha value is -0.750. The minimum atomic E-state index is -1.26.